The van der Waals surface area contributed by atoms with Crippen LogP contribution in [0.5, 0.6) is 5.88 Å². The summed E-state index contributed by atoms with van der Waals surface area (Å²) in [5.74, 6) is 1.15. The molecule has 6 nitrogen and oxygen atoms in total. The molecule has 0 spiro atoms. The number of methoxy groups -OCH3 is 1. The third kappa shape index (κ3) is 3.96. The van der Waals surface area contributed by atoms with Gasteiger partial charge in [-0.3, -0.25) is 9.20 Å². The van der Waals surface area contributed by atoms with Gasteiger partial charge < -0.3 is 9.30 Å². The summed E-state index contributed by atoms with van der Waals surface area (Å²) >= 11 is 6.01. The molecule has 4 rings (SSSR count). The summed E-state index contributed by atoms with van der Waals surface area (Å²) < 4.78 is 8.87. The van der Waals surface area contributed by atoms with Gasteiger partial charge in [0.2, 0.25) is 11.7 Å². The van der Waals surface area contributed by atoms with Crippen molar-refractivity contribution in [3.63, 3.8) is 0 Å². The number of hydrogen-bond donors (Lipinski definition) is 0. The Morgan fingerprint density at radius 3 is 2.50 bits per heavy atom. The highest BCUT2D eigenvalue weighted by Crippen LogP contribution is 2.25. The van der Waals surface area contributed by atoms with Crippen molar-refractivity contribution < 1.29 is 4.74 Å². The van der Waals surface area contributed by atoms with E-state index >= 15 is 0 Å². The van der Waals surface area contributed by atoms with Crippen molar-refractivity contribution in [2.24, 2.45) is 0 Å². The Hall–Kier alpha value is -3.12. The quantitative estimate of drug-likeness (QED) is 0.390. The second-order valence-corrected chi connectivity index (χ2v) is 7.56. The summed E-state index contributed by atoms with van der Waals surface area (Å²) in [4.78, 5) is 22.0. The van der Waals surface area contributed by atoms with E-state index in [1.807, 2.05) is 30.3 Å². The maximum Gasteiger partial charge on any atom is 0.259 e. The van der Waals surface area contributed by atoms with Gasteiger partial charge in [0.05, 0.1) is 18.5 Å². The monoisotopic (exact) mass is 422 g/mol. The van der Waals surface area contributed by atoms with Crippen LogP contribution in [0, 0.1) is 0 Å². The molecule has 0 radical (unpaired) electrons. The predicted molar refractivity (Wildman–Crippen MR) is 119 cm³/mol. The third-order valence-electron chi connectivity index (χ3n) is 5.08. The van der Waals surface area contributed by atoms with Gasteiger partial charge in [-0.1, -0.05) is 43.5 Å². The van der Waals surface area contributed by atoms with Crippen LogP contribution in [0.15, 0.2) is 59.7 Å². The van der Waals surface area contributed by atoms with Crippen LogP contribution in [-0.2, 0) is 6.54 Å². The summed E-state index contributed by atoms with van der Waals surface area (Å²) in [7, 11) is 1.58. The SMILES string of the molecule is CCCCCn1c(-c2ccc(OC)nc2)cc(=O)n2cc(-c3ccc(Cl)cc3)nc12. The zero-order valence-corrected chi connectivity index (χ0v) is 17.8. The molecule has 0 atom stereocenters. The van der Waals surface area contributed by atoms with E-state index in [1.54, 1.807) is 36.0 Å². The highest BCUT2D eigenvalue weighted by molar-refractivity contribution is 6.30. The molecule has 0 saturated carbocycles. The number of fused-ring (bicyclic) bond motifs is 1. The summed E-state index contributed by atoms with van der Waals surface area (Å²) in [5.41, 5.74) is 3.17. The van der Waals surface area contributed by atoms with Crippen molar-refractivity contribution in [3.05, 3.63) is 70.2 Å². The molecule has 154 valence electrons. The van der Waals surface area contributed by atoms with Gasteiger partial charge in [-0.05, 0) is 24.6 Å². The van der Waals surface area contributed by atoms with E-state index in [-0.39, 0.29) is 5.56 Å². The Bertz CT molecular complexity index is 1210. The Morgan fingerprint density at radius 2 is 1.83 bits per heavy atom. The summed E-state index contributed by atoms with van der Waals surface area (Å²) in [6, 6.07) is 12.8. The lowest BCUT2D eigenvalue weighted by atomic mass is 10.2. The third-order valence-corrected chi connectivity index (χ3v) is 5.34. The van der Waals surface area contributed by atoms with Crippen LogP contribution in [0.1, 0.15) is 26.2 Å². The van der Waals surface area contributed by atoms with Crippen molar-refractivity contribution in [1.29, 1.82) is 0 Å². The zero-order chi connectivity index (χ0) is 21.1. The molecule has 3 heterocycles. The molecule has 0 unspecified atom stereocenters. The first-order valence-corrected chi connectivity index (χ1v) is 10.4. The number of rotatable bonds is 7. The number of pyridine rings is 1. The lowest BCUT2D eigenvalue weighted by Gasteiger charge is -2.15. The maximum absolute atomic E-state index is 12.9. The Morgan fingerprint density at radius 1 is 1.07 bits per heavy atom. The van der Waals surface area contributed by atoms with E-state index in [2.05, 4.69) is 16.5 Å². The average Bonchev–Trinajstić information content (AvgIpc) is 3.22. The van der Waals surface area contributed by atoms with Crippen LogP contribution >= 0.6 is 11.6 Å². The smallest absolute Gasteiger partial charge is 0.259 e. The van der Waals surface area contributed by atoms with Crippen molar-refractivity contribution in [1.82, 2.24) is 18.9 Å². The number of benzene rings is 1. The molecule has 0 aliphatic carbocycles. The van der Waals surface area contributed by atoms with Crippen molar-refractivity contribution in [2.45, 2.75) is 32.7 Å². The lowest BCUT2D eigenvalue weighted by Crippen LogP contribution is -2.18. The van der Waals surface area contributed by atoms with Crippen LogP contribution in [0.3, 0.4) is 0 Å². The van der Waals surface area contributed by atoms with Gasteiger partial charge >= 0.3 is 0 Å². The highest BCUT2D eigenvalue weighted by atomic mass is 35.5. The van der Waals surface area contributed by atoms with E-state index < -0.39 is 0 Å². The highest BCUT2D eigenvalue weighted by Gasteiger charge is 2.15. The van der Waals surface area contributed by atoms with Crippen LogP contribution in [-0.4, -0.2) is 26.0 Å². The number of aryl methyl sites for hydroxylation is 1. The lowest BCUT2D eigenvalue weighted by molar-refractivity contribution is 0.398. The molecule has 0 bridgehead atoms. The zero-order valence-electron chi connectivity index (χ0n) is 17.0. The minimum Gasteiger partial charge on any atom is -0.481 e. The number of nitrogens with zero attached hydrogens (tertiary/aromatic N) is 4. The second kappa shape index (κ2) is 8.71. The molecule has 30 heavy (non-hydrogen) atoms. The number of hydrogen-bond acceptors (Lipinski definition) is 4. The first-order valence-electron chi connectivity index (χ1n) is 10.00. The van der Waals surface area contributed by atoms with Gasteiger partial charge in [-0.25, -0.2) is 9.97 Å². The largest absolute Gasteiger partial charge is 0.481 e. The van der Waals surface area contributed by atoms with Gasteiger partial charge in [-0.2, -0.15) is 0 Å². The molecule has 0 N–H and O–H groups in total. The number of ether oxygens (including phenoxy) is 1. The minimum atomic E-state index is -0.129. The summed E-state index contributed by atoms with van der Waals surface area (Å²) in [6.45, 7) is 2.93. The Labute approximate surface area is 179 Å². The molecular formula is C23H23ClN4O2. The van der Waals surface area contributed by atoms with E-state index in [0.29, 0.717) is 16.7 Å². The van der Waals surface area contributed by atoms with Crippen LogP contribution < -0.4 is 10.3 Å². The maximum atomic E-state index is 12.9. The number of halogens is 1. The molecule has 1 aromatic carbocycles. The minimum absolute atomic E-state index is 0.129. The van der Waals surface area contributed by atoms with E-state index in [4.69, 9.17) is 21.3 Å². The molecule has 7 heteroatoms. The topological polar surface area (TPSA) is 61.4 Å². The normalized spacial score (nSPS) is 11.2. The van der Waals surface area contributed by atoms with E-state index in [1.165, 1.54) is 0 Å². The van der Waals surface area contributed by atoms with Crippen molar-refractivity contribution in [2.75, 3.05) is 7.11 Å². The van der Waals surface area contributed by atoms with Crippen LogP contribution in [0.4, 0.5) is 0 Å². The first-order chi connectivity index (χ1) is 14.6. The first kappa shape index (κ1) is 20.2. The molecular weight excluding hydrogens is 400 g/mol. The van der Waals surface area contributed by atoms with Crippen molar-refractivity contribution >= 4 is 17.4 Å². The van der Waals surface area contributed by atoms with Gasteiger partial charge in [0.15, 0.2) is 0 Å². The Kier molecular flexibility index (Phi) is 5.86. The fourth-order valence-electron chi connectivity index (χ4n) is 3.49. The fraction of sp³-hybridized carbons (Fsp3) is 0.261. The Balaban J connectivity index is 1.88. The van der Waals surface area contributed by atoms with Gasteiger partial charge in [0, 0.05) is 47.2 Å². The van der Waals surface area contributed by atoms with E-state index in [0.717, 1.165) is 48.3 Å². The molecule has 4 aromatic rings. The summed E-state index contributed by atoms with van der Waals surface area (Å²) in [6.07, 6.45) is 6.72. The standard InChI is InChI=1S/C23H23ClN4O2/c1-3-4-5-12-27-20(17-8-11-21(30-2)25-14-17)13-22(29)28-15-19(26-23(27)28)16-6-9-18(24)10-7-16/h6-11,13-15H,3-5,12H2,1-2H3. The second-order valence-electron chi connectivity index (χ2n) is 7.12. The van der Waals surface area contributed by atoms with Gasteiger partial charge in [0.25, 0.3) is 5.56 Å². The predicted octanol–water partition coefficient (Wildman–Crippen LogP) is 5.08. The molecule has 0 aliphatic heterocycles. The van der Waals surface area contributed by atoms with Crippen LogP contribution in [0.25, 0.3) is 28.3 Å². The molecule has 3 aromatic heterocycles. The fourth-order valence-corrected chi connectivity index (χ4v) is 3.61. The number of unbranched alkanes of at least 4 members (excludes halogenated alkanes) is 2. The van der Waals surface area contributed by atoms with Gasteiger partial charge in [0.1, 0.15) is 0 Å². The molecule has 0 amide bonds. The molecule has 0 fully saturated rings. The number of aromatic nitrogens is 4. The van der Waals surface area contributed by atoms with Gasteiger partial charge in [-0.15, -0.1) is 0 Å². The van der Waals surface area contributed by atoms with Crippen LogP contribution in [0.2, 0.25) is 5.02 Å². The average molecular weight is 423 g/mol. The molecule has 0 saturated heterocycles. The number of imidazole rings is 1. The van der Waals surface area contributed by atoms with E-state index in [9.17, 15) is 4.79 Å². The summed E-state index contributed by atoms with van der Waals surface area (Å²) in [5, 5.41) is 0.663. The van der Waals surface area contributed by atoms with Crippen molar-refractivity contribution in [3.8, 4) is 28.4 Å². The molecule has 0 aliphatic rings.